The molecule has 1 unspecified atom stereocenters. The van der Waals surface area contributed by atoms with Gasteiger partial charge in [0.1, 0.15) is 5.75 Å². The third-order valence-electron chi connectivity index (χ3n) is 2.84. The van der Waals surface area contributed by atoms with E-state index in [-0.39, 0.29) is 13.0 Å². The van der Waals surface area contributed by atoms with E-state index in [1.807, 2.05) is 25.1 Å². The number of aromatic nitrogens is 2. The van der Waals surface area contributed by atoms with Crippen LogP contribution in [0.1, 0.15) is 11.5 Å². The summed E-state index contributed by atoms with van der Waals surface area (Å²) in [5, 5.41) is 13.6. The average molecular weight is 278 g/mol. The fourth-order valence-electron chi connectivity index (χ4n) is 1.88. The number of hydrogen-bond donors (Lipinski definition) is 1. The van der Waals surface area contributed by atoms with Gasteiger partial charge in [-0.15, -0.1) is 0 Å². The number of aryl methyl sites for hydroxylation is 1. The van der Waals surface area contributed by atoms with E-state index in [1.165, 1.54) is 7.11 Å². The molecule has 0 radical (unpaired) electrons. The highest BCUT2D eigenvalue weighted by atomic mass is 16.5. The second-order valence-corrected chi connectivity index (χ2v) is 4.53. The Bertz CT molecular complexity index is 568. The molecule has 6 nitrogen and oxygen atoms in total. The van der Waals surface area contributed by atoms with Gasteiger partial charge in [0.25, 0.3) is 0 Å². The molecule has 0 aliphatic rings. The van der Waals surface area contributed by atoms with E-state index < -0.39 is 6.10 Å². The second kappa shape index (κ2) is 6.49. The van der Waals surface area contributed by atoms with E-state index in [1.54, 1.807) is 7.11 Å². The van der Waals surface area contributed by atoms with Gasteiger partial charge >= 0.3 is 0 Å². The minimum Gasteiger partial charge on any atom is -0.496 e. The molecule has 1 aromatic carbocycles. The number of benzene rings is 1. The Morgan fingerprint density at radius 3 is 2.85 bits per heavy atom. The molecule has 20 heavy (non-hydrogen) atoms. The molecule has 0 saturated heterocycles. The fourth-order valence-corrected chi connectivity index (χ4v) is 1.88. The standard InChI is InChI=1S/C14H18N2O4/c1-9-4-5-11(12(6-9)19-3)14-15-13(20-16-14)7-10(17)8-18-2/h4-6,10,17H,7-8H2,1-3H3. The first-order valence-electron chi connectivity index (χ1n) is 6.28. The lowest BCUT2D eigenvalue weighted by Crippen LogP contribution is -2.17. The maximum atomic E-state index is 9.64. The van der Waals surface area contributed by atoms with Crippen LogP contribution in [0.25, 0.3) is 11.4 Å². The van der Waals surface area contributed by atoms with Crippen molar-refractivity contribution in [1.82, 2.24) is 10.1 Å². The van der Waals surface area contributed by atoms with Gasteiger partial charge in [0, 0.05) is 7.11 Å². The lowest BCUT2D eigenvalue weighted by atomic mass is 10.1. The summed E-state index contributed by atoms with van der Waals surface area (Å²) < 4.78 is 15.3. The number of hydrogen-bond acceptors (Lipinski definition) is 6. The molecule has 108 valence electrons. The first kappa shape index (κ1) is 14.5. The monoisotopic (exact) mass is 278 g/mol. The van der Waals surface area contributed by atoms with Gasteiger partial charge in [0.2, 0.25) is 11.7 Å². The summed E-state index contributed by atoms with van der Waals surface area (Å²) in [5.41, 5.74) is 1.85. The SMILES string of the molecule is COCC(O)Cc1nc(-c2ccc(C)cc2OC)no1. The quantitative estimate of drug-likeness (QED) is 0.865. The molecular weight excluding hydrogens is 260 g/mol. The van der Waals surface area contributed by atoms with Gasteiger partial charge in [-0.2, -0.15) is 4.98 Å². The van der Waals surface area contributed by atoms with Crippen LogP contribution in [0.3, 0.4) is 0 Å². The largest absolute Gasteiger partial charge is 0.496 e. The molecule has 0 aliphatic carbocycles. The number of rotatable bonds is 6. The molecular formula is C14H18N2O4. The maximum Gasteiger partial charge on any atom is 0.229 e. The zero-order valence-corrected chi connectivity index (χ0v) is 11.8. The number of methoxy groups -OCH3 is 2. The van der Waals surface area contributed by atoms with Gasteiger partial charge in [-0.3, -0.25) is 0 Å². The molecule has 0 fully saturated rings. The second-order valence-electron chi connectivity index (χ2n) is 4.53. The van der Waals surface area contributed by atoms with Gasteiger partial charge in [0.15, 0.2) is 0 Å². The van der Waals surface area contributed by atoms with Crippen molar-refractivity contribution in [2.75, 3.05) is 20.8 Å². The Morgan fingerprint density at radius 1 is 1.35 bits per heavy atom. The topological polar surface area (TPSA) is 77.6 Å². The Kier molecular flexibility index (Phi) is 4.70. The zero-order valence-electron chi connectivity index (χ0n) is 11.8. The minimum absolute atomic E-state index is 0.228. The predicted octanol–water partition coefficient (Wildman–Crippen LogP) is 1.60. The normalized spacial score (nSPS) is 12.4. The first-order chi connectivity index (χ1) is 9.63. The van der Waals surface area contributed by atoms with Crippen molar-refractivity contribution in [1.29, 1.82) is 0 Å². The van der Waals surface area contributed by atoms with Crippen molar-refractivity contribution >= 4 is 0 Å². The van der Waals surface area contributed by atoms with Crippen molar-refractivity contribution in [2.45, 2.75) is 19.4 Å². The summed E-state index contributed by atoms with van der Waals surface area (Å²) in [6.07, 6.45) is -0.400. The van der Waals surface area contributed by atoms with Crippen LogP contribution in [0, 0.1) is 6.92 Å². The molecule has 0 amide bonds. The summed E-state index contributed by atoms with van der Waals surface area (Å²) in [4.78, 5) is 4.27. The van der Waals surface area contributed by atoms with E-state index in [4.69, 9.17) is 14.0 Å². The van der Waals surface area contributed by atoms with Gasteiger partial charge < -0.3 is 19.1 Å². The van der Waals surface area contributed by atoms with E-state index in [2.05, 4.69) is 10.1 Å². The molecule has 1 aromatic heterocycles. The van der Waals surface area contributed by atoms with Crippen molar-refractivity contribution in [3.63, 3.8) is 0 Å². The van der Waals surface area contributed by atoms with Crippen molar-refractivity contribution in [3.05, 3.63) is 29.7 Å². The fraction of sp³-hybridized carbons (Fsp3) is 0.429. The molecule has 2 rings (SSSR count). The van der Waals surface area contributed by atoms with Crippen LogP contribution in [-0.4, -0.2) is 42.2 Å². The van der Waals surface area contributed by atoms with Crippen molar-refractivity contribution < 1.29 is 19.1 Å². The van der Waals surface area contributed by atoms with Gasteiger partial charge in [0.05, 0.1) is 31.8 Å². The minimum atomic E-state index is -0.659. The zero-order chi connectivity index (χ0) is 14.5. The number of aliphatic hydroxyl groups excluding tert-OH is 1. The Balaban J connectivity index is 2.20. The third kappa shape index (κ3) is 3.34. The molecule has 6 heteroatoms. The molecule has 0 spiro atoms. The number of nitrogens with zero attached hydrogens (tertiary/aromatic N) is 2. The number of aliphatic hydroxyl groups is 1. The Labute approximate surface area is 117 Å². The highest BCUT2D eigenvalue weighted by Gasteiger charge is 2.15. The molecule has 1 N–H and O–H groups in total. The first-order valence-corrected chi connectivity index (χ1v) is 6.28. The van der Waals surface area contributed by atoms with Crippen molar-refractivity contribution in [2.24, 2.45) is 0 Å². The molecule has 1 atom stereocenters. The number of ether oxygens (including phenoxy) is 2. The maximum absolute atomic E-state index is 9.64. The summed E-state index contributed by atoms with van der Waals surface area (Å²) >= 11 is 0. The van der Waals surface area contributed by atoms with Crippen LogP contribution in [0.2, 0.25) is 0 Å². The van der Waals surface area contributed by atoms with Gasteiger partial charge in [-0.25, -0.2) is 0 Å². The van der Waals surface area contributed by atoms with Crippen LogP contribution in [0.5, 0.6) is 5.75 Å². The van der Waals surface area contributed by atoms with E-state index in [0.717, 1.165) is 11.1 Å². The van der Waals surface area contributed by atoms with Crippen LogP contribution in [-0.2, 0) is 11.2 Å². The Hall–Kier alpha value is -1.92. The van der Waals surface area contributed by atoms with Crippen LogP contribution >= 0.6 is 0 Å². The Morgan fingerprint density at radius 2 is 2.15 bits per heavy atom. The van der Waals surface area contributed by atoms with Crippen LogP contribution in [0.4, 0.5) is 0 Å². The van der Waals surface area contributed by atoms with Crippen molar-refractivity contribution in [3.8, 4) is 17.1 Å². The molecule has 0 bridgehead atoms. The van der Waals surface area contributed by atoms with E-state index >= 15 is 0 Å². The van der Waals surface area contributed by atoms with Crippen LogP contribution < -0.4 is 4.74 Å². The molecule has 0 saturated carbocycles. The lowest BCUT2D eigenvalue weighted by Gasteiger charge is -2.06. The van der Waals surface area contributed by atoms with E-state index in [9.17, 15) is 5.11 Å². The summed E-state index contributed by atoms with van der Waals surface area (Å²) in [6.45, 7) is 2.21. The van der Waals surface area contributed by atoms with Crippen LogP contribution in [0.15, 0.2) is 22.7 Å². The lowest BCUT2D eigenvalue weighted by molar-refractivity contribution is 0.0599. The summed E-state index contributed by atoms with van der Waals surface area (Å²) in [6, 6.07) is 5.74. The van der Waals surface area contributed by atoms with E-state index in [0.29, 0.717) is 17.5 Å². The molecule has 2 aromatic rings. The van der Waals surface area contributed by atoms with Gasteiger partial charge in [-0.1, -0.05) is 11.2 Å². The third-order valence-corrected chi connectivity index (χ3v) is 2.84. The molecule has 1 heterocycles. The summed E-state index contributed by atoms with van der Waals surface area (Å²) in [5.74, 6) is 1.50. The smallest absolute Gasteiger partial charge is 0.229 e. The molecule has 0 aliphatic heterocycles. The average Bonchev–Trinajstić information content (AvgIpc) is 2.87. The highest BCUT2D eigenvalue weighted by Crippen LogP contribution is 2.28. The summed E-state index contributed by atoms with van der Waals surface area (Å²) in [7, 11) is 3.13. The van der Waals surface area contributed by atoms with Gasteiger partial charge in [-0.05, 0) is 24.6 Å². The predicted molar refractivity (Wildman–Crippen MR) is 72.6 cm³/mol. The highest BCUT2D eigenvalue weighted by molar-refractivity contribution is 5.64.